The van der Waals surface area contributed by atoms with Crippen molar-refractivity contribution in [2.45, 2.75) is 19.3 Å². The lowest BCUT2D eigenvalue weighted by Crippen LogP contribution is -2.38. The number of pyridine rings is 1. The van der Waals surface area contributed by atoms with Crippen LogP contribution in [0.25, 0.3) is 5.57 Å². The normalized spacial score (nSPS) is 28.4. The fourth-order valence-electron chi connectivity index (χ4n) is 3.13. The molecule has 0 bridgehead atoms. The average Bonchev–Trinajstić information content (AvgIpc) is 2.38. The zero-order valence-electron chi connectivity index (χ0n) is 9.82. The van der Waals surface area contributed by atoms with Gasteiger partial charge in [0.25, 0.3) is 0 Å². The van der Waals surface area contributed by atoms with Crippen LogP contribution >= 0.6 is 11.6 Å². The molecule has 2 aliphatic rings. The molecule has 0 amide bonds. The van der Waals surface area contributed by atoms with Crippen LogP contribution in [-0.2, 0) is 0 Å². The van der Waals surface area contributed by atoms with Crippen molar-refractivity contribution in [2.75, 3.05) is 13.1 Å². The molecule has 1 aliphatic carbocycles. The molecular weight excluding hydrogens is 232 g/mol. The Balaban J connectivity index is 1.93. The molecule has 90 valence electrons. The predicted octanol–water partition coefficient (Wildman–Crippen LogP) is 3.14. The number of hydrogen-bond acceptors (Lipinski definition) is 2. The van der Waals surface area contributed by atoms with Gasteiger partial charge < -0.3 is 5.32 Å². The van der Waals surface area contributed by atoms with Gasteiger partial charge in [0, 0.05) is 18.9 Å². The molecule has 0 aromatic carbocycles. The zero-order valence-corrected chi connectivity index (χ0v) is 10.6. The van der Waals surface area contributed by atoms with E-state index >= 15 is 0 Å². The standard InChI is InChI=1S/C14H17ClN2/c15-12-6-11(7-17-8-12)13-3-1-2-10-4-5-16-9-14(10)13/h3,6-8,10,14,16H,1-2,4-5,9H2/t10-,14+/m1/s1. The van der Waals surface area contributed by atoms with Crippen LogP contribution < -0.4 is 5.32 Å². The third-order valence-electron chi connectivity index (χ3n) is 3.96. The van der Waals surface area contributed by atoms with Crippen molar-refractivity contribution in [3.63, 3.8) is 0 Å². The van der Waals surface area contributed by atoms with Gasteiger partial charge in [-0.25, -0.2) is 0 Å². The van der Waals surface area contributed by atoms with Crippen LogP contribution in [0.4, 0.5) is 0 Å². The molecule has 1 N–H and O–H groups in total. The quantitative estimate of drug-likeness (QED) is 0.826. The molecule has 17 heavy (non-hydrogen) atoms. The van der Waals surface area contributed by atoms with Gasteiger partial charge in [-0.2, -0.15) is 0 Å². The largest absolute Gasteiger partial charge is 0.316 e. The Kier molecular flexibility index (Phi) is 3.17. The first-order valence-electron chi connectivity index (χ1n) is 6.36. The van der Waals surface area contributed by atoms with Crippen molar-refractivity contribution in [3.05, 3.63) is 35.1 Å². The summed E-state index contributed by atoms with van der Waals surface area (Å²) in [6, 6.07) is 2.04. The van der Waals surface area contributed by atoms with Gasteiger partial charge in [-0.1, -0.05) is 17.7 Å². The van der Waals surface area contributed by atoms with Crippen molar-refractivity contribution in [1.82, 2.24) is 10.3 Å². The first-order valence-corrected chi connectivity index (χ1v) is 6.74. The summed E-state index contributed by atoms with van der Waals surface area (Å²) in [5.41, 5.74) is 2.65. The van der Waals surface area contributed by atoms with Crippen molar-refractivity contribution in [2.24, 2.45) is 11.8 Å². The molecule has 1 saturated heterocycles. The SMILES string of the molecule is Clc1cncc(C2=CCC[C@@H]3CCNC[C@H]23)c1. The third kappa shape index (κ3) is 2.24. The van der Waals surface area contributed by atoms with Crippen molar-refractivity contribution < 1.29 is 0 Å². The summed E-state index contributed by atoms with van der Waals surface area (Å²) < 4.78 is 0. The van der Waals surface area contributed by atoms with E-state index in [1.54, 1.807) is 6.20 Å². The molecule has 1 aromatic rings. The molecule has 0 spiro atoms. The summed E-state index contributed by atoms with van der Waals surface area (Å²) in [4.78, 5) is 4.20. The second kappa shape index (κ2) is 4.79. The molecule has 3 rings (SSSR count). The lowest BCUT2D eigenvalue weighted by atomic mass is 9.73. The van der Waals surface area contributed by atoms with Crippen LogP contribution in [0.2, 0.25) is 5.02 Å². The second-order valence-electron chi connectivity index (χ2n) is 4.99. The van der Waals surface area contributed by atoms with Gasteiger partial charge in [-0.15, -0.1) is 0 Å². The fraction of sp³-hybridized carbons (Fsp3) is 0.500. The van der Waals surface area contributed by atoms with E-state index in [2.05, 4.69) is 16.4 Å². The van der Waals surface area contributed by atoms with Gasteiger partial charge >= 0.3 is 0 Å². The molecule has 2 atom stereocenters. The molecular formula is C14H17ClN2. The number of fused-ring (bicyclic) bond motifs is 1. The Morgan fingerprint density at radius 2 is 2.24 bits per heavy atom. The minimum Gasteiger partial charge on any atom is -0.316 e. The fourth-order valence-corrected chi connectivity index (χ4v) is 3.30. The van der Waals surface area contributed by atoms with Crippen LogP contribution in [0.3, 0.4) is 0 Å². The van der Waals surface area contributed by atoms with E-state index in [-0.39, 0.29) is 0 Å². The van der Waals surface area contributed by atoms with Crippen molar-refractivity contribution in [1.29, 1.82) is 0 Å². The van der Waals surface area contributed by atoms with Crippen LogP contribution in [0.15, 0.2) is 24.5 Å². The highest BCUT2D eigenvalue weighted by Gasteiger charge is 2.30. The van der Waals surface area contributed by atoms with Crippen LogP contribution in [0.1, 0.15) is 24.8 Å². The van der Waals surface area contributed by atoms with E-state index in [0.717, 1.165) is 17.5 Å². The molecule has 0 unspecified atom stereocenters. The van der Waals surface area contributed by atoms with Gasteiger partial charge in [0.1, 0.15) is 0 Å². The van der Waals surface area contributed by atoms with E-state index in [9.17, 15) is 0 Å². The maximum atomic E-state index is 6.03. The van der Waals surface area contributed by atoms with Crippen molar-refractivity contribution in [3.8, 4) is 0 Å². The van der Waals surface area contributed by atoms with E-state index in [1.807, 2.05) is 12.3 Å². The number of aromatic nitrogens is 1. The zero-order chi connectivity index (χ0) is 11.7. The average molecular weight is 249 g/mol. The molecule has 2 heterocycles. The summed E-state index contributed by atoms with van der Waals surface area (Å²) in [5, 5.41) is 4.23. The topological polar surface area (TPSA) is 24.9 Å². The Bertz CT molecular complexity index is 442. The number of halogens is 1. The molecule has 3 heteroatoms. The van der Waals surface area contributed by atoms with E-state index in [0.29, 0.717) is 5.92 Å². The summed E-state index contributed by atoms with van der Waals surface area (Å²) in [5.74, 6) is 1.49. The minimum absolute atomic E-state index is 0.651. The van der Waals surface area contributed by atoms with Gasteiger partial charge in [0.15, 0.2) is 0 Å². The molecule has 0 radical (unpaired) electrons. The monoisotopic (exact) mass is 248 g/mol. The Morgan fingerprint density at radius 3 is 3.12 bits per heavy atom. The maximum Gasteiger partial charge on any atom is 0.0595 e. The number of nitrogens with one attached hydrogen (secondary N) is 1. The Labute approximate surface area is 107 Å². The highest BCUT2D eigenvalue weighted by molar-refractivity contribution is 6.30. The summed E-state index contributed by atoms with van der Waals surface area (Å²) in [6.07, 6.45) is 9.85. The molecule has 1 aliphatic heterocycles. The molecule has 1 aromatic heterocycles. The van der Waals surface area contributed by atoms with E-state index in [1.165, 1.54) is 36.9 Å². The van der Waals surface area contributed by atoms with Gasteiger partial charge in [0.05, 0.1) is 5.02 Å². The third-order valence-corrected chi connectivity index (χ3v) is 4.17. The van der Waals surface area contributed by atoms with Gasteiger partial charge in [-0.05, 0) is 54.8 Å². The first-order chi connectivity index (χ1) is 8.34. The van der Waals surface area contributed by atoms with Crippen molar-refractivity contribution >= 4 is 17.2 Å². The summed E-state index contributed by atoms with van der Waals surface area (Å²) in [7, 11) is 0. The van der Waals surface area contributed by atoms with E-state index in [4.69, 9.17) is 11.6 Å². The summed E-state index contributed by atoms with van der Waals surface area (Å²) in [6.45, 7) is 2.27. The Morgan fingerprint density at radius 1 is 1.29 bits per heavy atom. The lowest BCUT2D eigenvalue weighted by molar-refractivity contribution is 0.285. The number of allylic oxidation sites excluding steroid dienone is 1. The van der Waals surface area contributed by atoms with Crippen LogP contribution in [0, 0.1) is 11.8 Å². The predicted molar refractivity (Wildman–Crippen MR) is 70.9 cm³/mol. The molecule has 1 fully saturated rings. The van der Waals surface area contributed by atoms with Gasteiger partial charge in [0.2, 0.25) is 0 Å². The number of rotatable bonds is 1. The summed E-state index contributed by atoms with van der Waals surface area (Å²) >= 11 is 6.03. The van der Waals surface area contributed by atoms with Crippen LogP contribution in [-0.4, -0.2) is 18.1 Å². The Hall–Kier alpha value is -0.860. The number of nitrogens with zero attached hydrogens (tertiary/aromatic N) is 1. The highest BCUT2D eigenvalue weighted by atomic mass is 35.5. The van der Waals surface area contributed by atoms with Gasteiger partial charge in [-0.3, -0.25) is 4.98 Å². The lowest BCUT2D eigenvalue weighted by Gasteiger charge is -2.37. The minimum atomic E-state index is 0.651. The number of hydrogen-bond donors (Lipinski definition) is 1. The second-order valence-corrected chi connectivity index (χ2v) is 5.42. The molecule has 0 saturated carbocycles. The smallest absolute Gasteiger partial charge is 0.0595 e. The van der Waals surface area contributed by atoms with Crippen LogP contribution in [0.5, 0.6) is 0 Å². The van der Waals surface area contributed by atoms with E-state index < -0.39 is 0 Å². The first kappa shape index (κ1) is 11.2. The maximum absolute atomic E-state index is 6.03. The molecule has 2 nitrogen and oxygen atoms in total. The number of piperidine rings is 1. The highest BCUT2D eigenvalue weighted by Crippen LogP contribution is 2.39.